The fourth-order valence-corrected chi connectivity index (χ4v) is 8.04. The molecule has 328 valence electrons. The topological polar surface area (TPSA) is 206 Å². The molecule has 0 spiro atoms. The molecule has 5 rings (SSSR count). The monoisotopic (exact) mass is 843 g/mol. The second kappa shape index (κ2) is 21.7. The standard InChI is InChI=1S/C45H57N5O11/c1-4-45(3,44(59)47-24-11-23-46-40(55)33-18-16-32(17-19-33)39(54)31-12-7-5-8-13-31)38-34(20-15-30(2)41(56)48-26-28-60-29-27-48)42(57)49(43(38)58)25-10-6-9-14-37(53)61-50-35(51)21-22-36(50)52/h5,7-8,12-13,16-19,30,34,38H,4,6,9-11,14-15,20-29H2,1-3H3,(H,46,55)(H,47,59). The van der Waals surface area contributed by atoms with Crippen molar-refractivity contribution in [3.8, 4) is 0 Å². The molecule has 0 bridgehead atoms. The molecule has 4 unspecified atom stereocenters. The molecule has 2 N–H and O–H groups in total. The van der Waals surface area contributed by atoms with E-state index in [0.717, 1.165) is 0 Å². The third-order valence-electron chi connectivity index (χ3n) is 11.9. The molecule has 3 aliphatic rings. The Kier molecular flexibility index (Phi) is 16.4. The molecule has 3 aliphatic heterocycles. The summed E-state index contributed by atoms with van der Waals surface area (Å²) < 4.78 is 5.38. The van der Waals surface area contributed by atoms with Gasteiger partial charge in [-0.1, -0.05) is 62.7 Å². The fourth-order valence-electron chi connectivity index (χ4n) is 8.04. The van der Waals surface area contributed by atoms with Gasteiger partial charge in [-0.15, -0.1) is 5.06 Å². The minimum Gasteiger partial charge on any atom is -0.378 e. The predicted octanol–water partition coefficient (Wildman–Crippen LogP) is 3.61. The van der Waals surface area contributed by atoms with Crippen molar-refractivity contribution < 1.29 is 52.7 Å². The van der Waals surface area contributed by atoms with Crippen LogP contribution in [0.5, 0.6) is 0 Å². The summed E-state index contributed by atoms with van der Waals surface area (Å²) in [4.78, 5) is 125. The number of morpholine rings is 1. The Labute approximate surface area is 356 Å². The SMILES string of the molecule is CCC(C)(C(=O)NCCCNC(=O)c1ccc(C(=O)c2ccccc2)cc1)C1C(=O)N(CCCCCC(=O)ON2C(=O)CCC2=O)C(=O)C1CCC(C)C(=O)N1CCOCC1. The van der Waals surface area contributed by atoms with Gasteiger partial charge in [0.15, 0.2) is 5.78 Å². The summed E-state index contributed by atoms with van der Waals surface area (Å²) in [6.45, 7) is 7.65. The number of rotatable bonds is 21. The van der Waals surface area contributed by atoms with Crippen molar-refractivity contribution in [3.63, 3.8) is 0 Å². The van der Waals surface area contributed by atoms with Gasteiger partial charge in [0.05, 0.1) is 30.5 Å². The zero-order valence-electron chi connectivity index (χ0n) is 35.3. The van der Waals surface area contributed by atoms with Crippen molar-refractivity contribution in [1.82, 2.24) is 25.5 Å². The first-order valence-corrected chi connectivity index (χ1v) is 21.3. The summed E-state index contributed by atoms with van der Waals surface area (Å²) in [5.74, 6) is -5.92. The van der Waals surface area contributed by atoms with E-state index in [2.05, 4.69) is 10.6 Å². The Bertz CT molecular complexity index is 1930. The van der Waals surface area contributed by atoms with E-state index in [1.54, 1.807) is 74.2 Å². The van der Waals surface area contributed by atoms with Gasteiger partial charge in [0.2, 0.25) is 23.6 Å². The summed E-state index contributed by atoms with van der Waals surface area (Å²) in [5.41, 5.74) is 0.108. The molecule has 3 saturated heterocycles. The minimum atomic E-state index is -1.28. The van der Waals surface area contributed by atoms with Crippen LogP contribution in [-0.4, -0.2) is 114 Å². The number of hydrogen-bond donors (Lipinski definition) is 2. The number of hydrogen-bond acceptors (Lipinski definition) is 11. The summed E-state index contributed by atoms with van der Waals surface area (Å²) in [5, 5.41) is 6.25. The van der Waals surface area contributed by atoms with E-state index in [-0.39, 0.29) is 69.3 Å². The number of nitrogens with one attached hydrogen (secondary N) is 2. The third kappa shape index (κ3) is 11.5. The van der Waals surface area contributed by atoms with Crippen molar-refractivity contribution in [2.75, 3.05) is 45.9 Å². The van der Waals surface area contributed by atoms with E-state index in [1.807, 2.05) is 6.07 Å². The number of likely N-dealkylation sites (tertiary alicyclic amines) is 1. The summed E-state index contributed by atoms with van der Waals surface area (Å²) in [6.07, 6.45) is 2.24. The lowest BCUT2D eigenvalue weighted by Crippen LogP contribution is -2.48. The second-order valence-corrected chi connectivity index (χ2v) is 16.1. The average molecular weight is 844 g/mol. The van der Waals surface area contributed by atoms with Crippen LogP contribution in [0.1, 0.15) is 111 Å². The van der Waals surface area contributed by atoms with Gasteiger partial charge in [-0.3, -0.25) is 43.3 Å². The van der Waals surface area contributed by atoms with Gasteiger partial charge < -0.3 is 25.1 Å². The highest BCUT2D eigenvalue weighted by Crippen LogP contribution is 2.45. The van der Waals surface area contributed by atoms with Crippen LogP contribution >= 0.6 is 0 Å². The molecule has 3 fully saturated rings. The highest BCUT2D eigenvalue weighted by atomic mass is 16.7. The molecule has 2 aromatic rings. The Balaban J connectivity index is 1.16. The number of ether oxygens (including phenoxy) is 1. The van der Waals surface area contributed by atoms with Gasteiger partial charge in [-0.25, -0.2) is 4.79 Å². The molecule has 16 nitrogen and oxygen atoms in total. The smallest absolute Gasteiger partial charge is 0.333 e. The van der Waals surface area contributed by atoms with Gasteiger partial charge in [-0.05, 0) is 57.6 Å². The van der Waals surface area contributed by atoms with Crippen LogP contribution in [0.25, 0.3) is 0 Å². The van der Waals surface area contributed by atoms with Gasteiger partial charge in [0.1, 0.15) is 0 Å². The van der Waals surface area contributed by atoms with Crippen molar-refractivity contribution in [2.24, 2.45) is 23.2 Å². The van der Waals surface area contributed by atoms with E-state index in [0.29, 0.717) is 80.2 Å². The van der Waals surface area contributed by atoms with Crippen LogP contribution in [0.15, 0.2) is 54.6 Å². The van der Waals surface area contributed by atoms with E-state index in [9.17, 15) is 43.2 Å². The number of unbranched alkanes of at least 4 members (excludes halogenated alkanes) is 2. The minimum absolute atomic E-state index is 0.00787. The number of imide groups is 2. The number of carbonyl (C=O) groups is 9. The molecule has 61 heavy (non-hydrogen) atoms. The Morgan fingerprint density at radius 3 is 2.08 bits per heavy atom. The number of hydroxylamine groups is 2. The molecule has 0 radical (unpaired) electrons. The largest absolute Gasteiger partial charge is 0.378 e. The first kappa shape index (κ1) is 46.3. The Morgan fingerprint density at radius 1 is 0.803 bits per heavy atom. The van der Waals surface area contributed by atoms with E-state index in [4.69, 9.17) is 9.57 Å². The summed E-state index contributed by atoms with van der Waals surface area (Å²) in [7, 11) is 0. The molecule has 4 atom stereocenters. The maximum Gasteiger partial charge on any atom is 0.333 e. The van der Waals surface area contributed by atoms with Crippen molar-refractivity contribution in [2.45, 2.75) is 85.0 Å². The summed E-state index contributed by atoms with van der Waals surface area (Å²) in [6, 6.07) is 15.2. The van der Waals surface area contributed by atoms with Crippen LogP contribution in [0, 0.1) is 23.2 Å². The molecule has 3 heterocycles. The lowest BCUT2D eigenvalue weighted by atomic mass is 9.67. The van der Waals surface area contributed by atoms with Gasteiger partial charge in [0, 0.05) is 74.6 Å². The van der Waals surface area contributed by atoms with Gasteiger partial charge >= 0.3 is 5.97 Å². The number of carbonyl (C=O) groups excluding carboxylic acids is 9. The molecule has 0 saturated carbocycles. The van der Waals surface area contributed by atoms with Crippen molar-refractivity contribution >= 4 is 53.1 Å². The van der Waals surface area contributed by atoms with E-state index < -0.39 is 58.7 Å². The lowest BCUT2D eigenvalue weighted by molar-refractivity contribution is -0.197. The Morgan fingerprint density at radius 2 is 1.43 bits per heavy atom. The number of benzene rings is 2. The predicted molar refractivity (Wildman–Crippen MR) is 220 cm³/mol. The fraction of sp³-hybridized carbons (Fsp3) is 0.533. The maximum atomic E-state index is 14.2. The zero-order chi connectivity index (χ0) is 44.1. The highest BCUT2D eigenvalue weighted by molar-refractivity contribution is 6.09. The van der Waals surface area contributed by atoms with E-state index >= 15 is 0 Å². The molecule has 0 aliphatic carbocycles. The normalized spacial score (nSPS) is 19.4. The molecule has 2 aromatic carbocycles. The first-order valence-electron chi connectivity index (χ1n) is 21.3. The van der Waals surface area contributed by atoms with Crippen LogP contribution in [0.2, 0.25) is 0 Å². The summed E-state index contributed by atoms with van der Waals surface area (Å²) >= 11 is 0. The molecule has 16 heteroatoms. The number of nitrogens with zero attached hydrogens (tertiary/aromatic N) is 3. The quantitative estimate of drug-likeness (QED) is 0.106. The second-order valence-electron chi connectivity index (χ2n) is 16.1. The van der Waals surface area contributed by atoms with E-state index in [1.165, 1.54) is 4.90 Å². The van der Waals surface area contributed by atoms with Crippen molar-refractivity contribution in [3.05, 3.63) is 71.3 Å². The van der Waals surface area contributed by atoms with Crippen LogP contribution in [-0.2, 0) is 43.1 Å². The van der Waals surface area contributed by atoms with Crippen molar-refractivity contribution in [1.29, 1.82) is 0 Å². The first-order chi connectivity index (χ1) is 29.3. The number of ketones is 1. The highest BCUT2D eigenvalue weighted by Gasteiger charge is 2.57. The van der Waals surface area contributed by atoms with Crippen LogP contribution < -0.4 is 10.6 Å². The molecular formula is C45H57N5O11. The average Bonchev–Trinajstić information content (AvgIpc) is 3.72. The van der Waals surface area contributed by atoms with Gasteiger partial charge in [-0.2, -0.15) is 0 Å². The number of amides is 7. The van der Waals surface area contributed by atoms with Crippen LogP contribution in [0.3, 0.4) is 0 Å². The molecular weight excluding hydrogens is 787 g/mol. The van der Waals surface area contributed by atoms with Crippen LogP contribution in [0.4, 0.5) is 0 Å². The molecule has 0 aromatic heterocycles. The maximum absolute atomic E-state index is 14.2. The third-order valence-corrected chi connectivity index (χ3v) is 11.9. The lowest BCUT2D eigenvalue weighted by Gasteiger charge is -2.35. The van der Waals surface area contributed by atoms with Gasteiger partial charge in [0.25, 0.3) is 17.7 Å². The zero-order valence-corrected chi connectivity index (χ0v) is 35.3. The Hall–Kier alpha value is -5.77. The molecule has 7 amide bonds.